The second kappa shape index (κ2) is 9.82. The van der Waals surface area contributed by atoms with Gasteiger partial charge in [0.05, 0.1) is 17.4 Å². The molecule has 1 atom stereocenters. The lowest BCUT2D eigenvalue weighted by Gasteiger charge is -2.27. The number of fused-ring (bicyclic) bond motifs is 1. The molecule has 3 aromatic rings. The van der Waals surface area contributed by atoms with Crippen LogP contribution in [0.25, 0.3) is 0 Å². The Hall–Kier alpha value is -4.08. The summed E-state index contributed by atoms with van der Waals surface area (Å²) >= 11 is 0. The van der Waals surface area contributed by atoms with Crippen molar-refractivity contribution in [3.63, 3.8) is 0 Å². The van der Waals surface area contributed by atoms with E-state index in [0.717, 1.165) is 16.8 Å². The molecule has 0 fully saturated rings. The number of nitrogens with one attached hydrogen (secondary N) is 2. The smallest absolute Gasteiger partial charge is 0.484 e. The van der Waals surface area contributed by atoms with Crippen LogP contribution in [-0.2, 0) is 4.79 Å². The molecule has 0 saturated heterocycles. The van der Waals surface area contributed by atoms with Gasteiger partial charge in [0.15, 0.2) is 6.61 Å². The van der Waals surface area contributed by atoms with Gasteiger partial charge in [-0.2, -0.15) is 0 Å². The van der Waals surface area contributed by atoms with Crippen molar-refractivity contribution < 1.29 is 27.4 Å². The third kappa shape index (κ3) is 5.83. The number of aliphatic imine (C=N–C) groups is 1. The maximum Gasteiger partial charge on any atom is 0.573 e. The monoisotopic (exact) mass is 470 g/mol. The average Bonchev–Trinajstić information content (AvgIpc) is 2.82. The molecule has 7 nitrogen and oxygen atoms in total. The lowest BCUT2D eigenvalue weighted by Crippen LogP contribution is -2.25. The third-order valence-corrected chi connectivity index (χ3v) is 5.08. The van der Waals surface area contributed by atoms with Gasteiger partial charge in [-0.1, -0.05) is 12.1 Å². The Balaban J connectivity index is 1.65. The molecule has 34 heavy (non-hydrogen) atoms. The Morgan fingerprint density at radius 3 is 2.71 bits per heavy atom. The first-order chi connectivity index (χ1) is 16.3. The molecule has 10 heteroatoms. The van der Waals surface area contributed by atoms with Crippen molar-refractivity contribution in [3.8, 4) is 11.5 Å². The van der Waals surface area contributed by atoms with Crippen molar-refractivity contribution in [2.45, 2.75) is 18.8 Å². The molecule has 1 unspecified atom stereocenters. The molecule has 1 amide bonds. The van der Waals surface area contributed by atoms with Gasteiger partial charge in [-0.3, -0.25) is 14.8 Å². The number of carbonyl (C=O) groups excluding carboxylic acids is 1. The van der Waals surface area contributed by atoms with Gasteiger partial charge in [-0.25, -0.2) is 0 Å². The van der Waals surface area contributed by atoms with Crippen molar-refractivity contribution in [1.29, 1.82) is 0 Å². The molecule has 0 spiro atoms. The molecule has 0 aliphatic carbocycles. The van der Waals surface area contributed by atoms with E-state index in [4.69, 9.17) is 9.73 Å². The van der Waals surface area contributed by atoms with E-state index < -0.39 is 6.36 Å². The van der Waals surface area contributed by atoms with Gasteiger partial charge in [-0.05, 0) is 36.4 Å². The number of anilines is 1. The number of ether oxygens (including phenoxy) is 2. The number of benzene rings is 2. The van der Waals surface area contributed by atoms with E-state index in [9.17, 15) is 18.0 Å². The normalized spacial score (nSPS) is 15.1. The molecule has 1 aromatic heterocycles. The van der Waals surface area contributed by atoms with E-state index in [-0.39, 0.29) is 24.3 Å². The second-order valence-corrected chi connectivity index (χ2v) is 7.46. The molecule has 176 valence electrons. The number of rotatable bonds is 7. The number of carbonyl (C=O) groups is 1. The third-order valence-electron chi connectivity index (χ3n) is 5.08. The van der Waals surface area contributed by atoms with Gasteiger partial charge in [0, 0.05) is 48.7 Å². The number of amides is 1. The van der Waals surface area contributed by atoms with E-state index in [2.05, 4.69) is 20.4 Å². The summed E-state index contributed by atoms with van der Waals surface area (Å²) in [6, 6.07) is 14.3. The number of halogens is 3. The van der Waals surface area contributed by atoms with E-state index in [1.54, 1.807) is 36.7 Å². The zero-order chi connectivity index (χ0) is 24.1. The molecule has 2 aromatic carbocycles. The highest BCUT2D eigenvalue weighted by Gasteiger charge is 2.31. The van der Waals surface area contributed by atoms with Crippen LogP contribution in [0.2, 0.25) is 0 Å². The minimum Gasteiger partial charge on any atom is -0.484 e. The van der Waals surface area contributed by atoms with Crippen LogP contribution in [0.3, 0.4) is 0 Å². The number of hydrogen-bond acceptors (Lipinski definition) is 6. The molecule has 0 radical (unpaired) electrons. The van der Waals surface area contributed by atoms with E-state index >= 15 is 0 Å². The van der Waals surface area contributed by atoms with Crippen LogP contribution in [0.5, 0.6) is 11.5 Å². The Kier molecular flexibility index (Phi) is 6.67. The standard InChI is InChI=1S/C24H21F3N4O3/c1-28-23(32)14-33-17-7-8-20-19(11-17)22(12-21(31-20)15-4-3-9-29-13-15)30-16-5-2-6-18(10-16)34-24(25,26)27/h2-11,13,22,30H,12,14H2,1H3,(H,28,32). The highest BCUT2D eigenvalue weighted by Crippen LogP contribution is 2.39. The van der Waals surface area contributed by atoms with Gasteiger partial charge in [0.2, 0.25) is 0 Å². The summed E-state index contributed by atoms with van der Waals surface area (Å²) in [6.07, 6.45) is -0.965. The average molecular weight is 470 g/mol. The fourth-order valence-electron chi connectivity index (χ4n) is 3.55. The van der Waals surface area contributed by atoms with Crippen molar-refractivity contribution in [2.75, 3.05) is 19.0 Å². The molecular weight excluding hydrogens is 449 g/mol. The number of hydrogen-bond donors (Lipinski definition) is 2. The summed E-state index contributed by atoms with van der Waals surface area (Å²) in [6.45, 7) is -0.144. The Morgan fingerprint density at radius 2 is 1.97 bits per heavy atom. The first kappa shape index (κ1) is 23.1. The Labute approximate surface area is 193 Å². The summed E-state index contributed by atoms with van der Waals surface area (Å²) in [5.74, 6) is -0.119. The number of nitrogens with zero attached hydrogens (tertiary/aromatic N) is 2. The van der Waals surface area contributed by atoms with E-state index in [0.29, 0.717) is 23.5 Å². The highest BCUT2D eigenvalue weighted by atomic mass is 19.4. The summed E-state index contributed by atoms with van der Waals surface area (Å²) in [7, 11) is 1.52. The quantitative estimate of drug-likeness (QED) is 0.519. The van der Waals surface area contributed by atoms with Crippen molar-refractivity contribution in [1.82, 2.24) is 10.3 Å². The second-order valence-electron chi connectivity index (χ2n) is 7.46. The van der Waals surface area contributed by atoms with Gasteiger partial charge in [-0.15, -0.1) is 13.2 Å². The maximum atomic E-state index is 12.7. The fraction of sp³-hybridized carbons (Fsp3) is 0.208. The first-order valence-electron chi connectivity index (χ1n) is 10.4. The maximum absolute atomic E-state index is 12.7. The minimum absolute atomic E-state index is 0.144. The minimum atomic E-state index is -4.78. The van der Waals surface area contributed by atoms with Crippen LogP contribution in [0, 0.1) is 0 Å². The van der Waals surface area contributed by atoms with Crippen molar-refractivity contribution in [3.05, 3.63) is 78.1 Å². The fourth-order valence-corrected chi connectivity index (χ4v) is 3.55. The van der Waals surface area contributed by atoms with Crippen LogP contribution in [-0.4, -0.2) is 36.6 Å². The molecule has 1 aliphatic heterocycles. The molecule has 0 saturated carbocycles. The lowest BCUT2D eigenvalue weighted by molar-refractivity contribution is -0.274. The summed E-state index contributed by atoms with van der Waals surface area (Å²) in [5, 5.41) is 5.77. The largest absolute Gasteiger partial charge is 0.573 e. The van der Waals surface area contributed by atoms with Crippen molar-refractivity contribution in [2.24, 2.45) is 4.99 Å². The van der Waals surface area contributed by atoms with Crippen LogP contribution in [0.4, 0.5) is 24.5 Å². The zero-order valence-electron chi connectivity index (χ0n) is 18.1. The zero-order valence-corrected chi connectivity index (χ0v) is 18.1. The van der Waals surface area contributed by atoms with E-state index in [1.807, 2.05) is 12.1 Å². The summed E-state index contributed by atoms with van der Waals surface area (Å²) in [4.78, 5) is 20.4. The van der Waals surface area contributed by atoms with E-state index in [1.165, 1.54) is 25.2 Å². The lowest BCUT2D eigenvalue weighted by atomic mass is 9.93. The van der Waals surface area contributed by atoms with Crippen LogP contribution >= 0.6 is 0 Å². The Bertz CT molecular complexity index is 1200. The number of pyridine rings is 1. The van der Waals surface area contributed by atoms with Crippen LogP contribution in [0.1, 0.15) is 23.6 Å². The predicted molar refractivity (Wildman–Crippen MR) is 121 cm³/mol. The number of alkyl halides is 3. The summed E-state index contributed by atoms with van der Waals surface area (Å²) in [5.41, 5.74) is 3.53. The van der Waals surface area contributed by atoms with Crippen molar-refractivity contribution >= 4 is 23.0 Å². The molecular formula is C24H21F3N4O3. The SMILES string of the molecule is CNC(=O)COc1ccc2c(c1)C(Nc1cccc(OC(F)(F)F)c1)CC(c1cccnc1)=N2. The predicted octanol–water partition coefficient (Wildman–Crippen LogP) is 4.78. The van der Waals surface area contributed by atoms with Crippen LogP contribution < -0.4 is 20.1 Å². The molecule has 0 bridgehead atoms. The Morgan fingerprint density at radius 1 is 1.12 bits per heavy atom. The van der Waals surface area contributed by atoms with Gasteiger partial charge < -0.3 is 20.1 Å². The first-order valence-corrected chi connectivity index (χ1v) is 10.4. The molecule has 2 heterocycles. The number of likely N-dealkylation sites (N-methyl/N-ethyl adjacent to an activating group) is 1. The highest BCUT2D eigenvalue weighted by molar-refractivity contribution is 6.03. The molecule has 4 rings (SSSR count). The van der Waals surface area contributed by atoms with Gasteiger partial charge in [0.25, 0.3) is 5.91 Å². The van der Waals surface area contributed by atoms with Gasteiger partial charge >= 0.3 is 6.36 Å². The molecule has 1 aliphatic rings. The van der Waals surface area contributed by atoms with Gasteiger partial charge in [0.1, 0.15) is 11.5 Å². The van der Waals surface area contributed by atoms with Crippen LogP contribution in [0.15, 0.2) is 72.0 Å². The molecule has 2 N–H and O–H groups in total. The topological polar surface area (TPSA) is 84.8 Å². The summed E-state index contributed by atoms with van der Waals surface area (Å²) < 4.78 is 47.6. The number of aromatic nitrogens is 1.